The first kappa shape index (κ1) is 13.3. The Morgan fingerprint density at radius 1 is 1.29 bits per heavy atom. The third-order valence-corrected chi connectivity index (χ3v) is 2.31. The van der Waals surface area contributed by atoms with Gasteiger partial charge in [-0.3, -0.25) is 0 Å². The van der Waals surface area contributed by atoms with Gasteiger partial charge in [-0.25, -0.2) is 4.79 Å². The number of carbonyl (C=O) groups is 1. The van der Waals surface area contributed by atoms with E-state index >= 15 is 0 Å². The van der Waals surface area contributed by atoms with Crippen molar-refractivity contribution in [1.82, 2.24) is 0 Å². The van der Waals surface area contributed by atoms with Gasteiger partial charge in [-0.15, -0.1) is 0 Å². The van der Waals surface area contributed by atoms with Crippen LogP contribution >= 0.6 is 0 Å². The number of ether oxygens (including phenoxy) is 3. The second-order valence-corrected chi connectivity index (χ2v) is 3.54. The minimum Gasteiger partial charge on any atom is -0.489 e. The van der Waals surface area contributed by atoms with Crippen molar-refractivity contribution >= 4 is 11.7 Å². The zero-order valence-corrected chi connectivity index (χ0v) is 10.3. The van der Waals surface area contributed by atoms with Crippen molar-refractivity contribution < 1.29 is 19.0 Å². The van der Waals surface area contributed by atoms with Crippen molar-refractivity contribution in [1.29, 1.82) is 0 Å². The first-order valence-corrected chi connectivity index (χ1v) is 5.20. The van der Waals surface area contributed by atoms with Gasteiger partial charge in [0, 0.05) is 7.11 Å². The number of nitrogens with two attached hydrogens (primary N) is 1. The Kier molecular flexibility index (Phi) is 4.78. The van der Waals surface area contributed by atoms with E-state index in [4.69, 9.17) is 15.2 Å². The van der Waals surface area contributed by atoms with Crippen molar-refractivity contribution in [3.05, 3.63) is 23.3 Å². The van der Waals surface area contributed by atoms with E-state index in [0.717, 1.165) is 5.56 Å². The molecule has 0 fully saturated rings. The summed E-state index contributed by atoms with van der Waals surface area (Å²) in [5.41, 5.74) is 7.41. The topological polar surface area (TPSA) is 70.8 Å². The number of hydrogen-bond acceptors (Lipinski definition) is 5. The lowest BCUT2D eigenvalue weighted by molar-refractivity contribution is 0.0600. The summed E-state index contributed by atoms with van der Waals surface area (Å²) in [5, 5.41) is 0. The second-order valence-electron chi connectivity index (χ2n) is 3.54. The Morgan fingerprint density at radius 2 is 2.00 bits per heavy atom. The number of anilines is 1. The maximum Gasteiger partial charge on any atom is 0.338 e. The number of benzene rings is 1. The van der Waals surface area contributed by atoms with Crippen molar-refractivity contribution in [2.24, 2.45) is 0 Å². The summed E-state index contributed by atoms with van der Waals surface area (Å²) in [6.07, 6.45) is 0. The average molecular weight is 239 g/mol. The molecule has 0 aliphatic heterocycles. The molecule has 0 atom stereocenters. The largest absolute Gasteiger partial charge is 0.489 e. The number of carbonyl (C=O) groups excluding carboxylic acids is 1. The molecule has 0 aliphatic rings. The molecule has 1 rings (SSSR count). The zero-order chi connectivity index (χ0) is 12.8. The Bertz CT molecular complexity index is 404. The van der Waals surface area contributed by atoms with Crippen molar-refractivity contribution in [3.63, 3.8) is 0 Å². The van der Waals surface area contributed by atoms with E-state index in [0.29, 0.717) is 30.2 Å². The fraction of sp³-hybridized carbons (Fsp3) is 0.417. The van der Waals surface area contributed by atoms with Gasteiger partial charge in [0.2, 0.25) is 0 Å². The van der Waals surface area contributed by atoms with E-state index < -0.39 is 5.97 Å². The lowest BCUT2D eigenvalue weighted by Crippen LogP contribution is -2.09. The van der Waals surface area contributed by atoms with Crippen LogP contribution in [0.4, 0.5) is 5.69 Å². The van der Waals surface area contributed by atoms with Gasteiger partial charge in [0.15, 0.2) is 0 Å². The van der Waals surface area contributed by atoms with Crippen molar-refractivity contribution in [2.45, 2.75) is 6.92 Å². The van der Waals surface area contributed by atoms with E-state index in [1.165, 1.54) is 7.11 Å². The standard InChI is InChI=1S/C12H17NO4/c1-8-6-11(17-5-4-15-2)10(13)7-9(8)12(14)16-3/h6-7H,4-5,13H2,1-3H3. The molecule has 0 saturated heterocycles. The number of esters is 1. The molecular weight excluding hydrogens is 222 g/mol. The molecule has 0 aliphatic carbocycles. The number of rotatable bonds is 5. The maximum atomic E-state index is 11.4. The zero-order valence-electron chi connectivity index (χ0n) is 10.3. The molecule has 0 radical (unpaired) electrons. The highest BCUT2D eigenvalue weighted by molar-refractivity contribution is 5.92. The minimum absolute atomic E-state index is 0.405. The SMILES string of the molecule is COCCOc1cc(C)c(C(=O)OC)cc1N. The number of aryl methyl sites for hydroxylation is 1. The second kappa shape index (κ2) is 6.10. The van der Waals surface area contributed by atoms with Crippen LogP contribution < -0.4 is 10.5 Å². The summed E-state index contributed by atoms with van der Waals surface area (Å²) >= 11 is 0. The maximum absolute atomic E-state index is 11.4. The average Bonchev–Trinajstić information content (AvgIpc) is 2.32. The molecule has 0 heterocycles. The summed E-state index contributed by atoms with van der Waals surface area (Å²) in [5.74, 6) is 0.143. The molecular formula is C12H17NO4. The van der Waals surface area contributed by atoms with E-state index in [1.807, 2.05) is 0 Å². The van der Waals surface area contributed by atoms with Crippen molar-refractivity contribution in [3.8, 4) is 5.75 Å². The van der Waals surface area contributed by atoms with Crippen molar-refractivity contribution in [2.75, 3.05) is 33.2 Å². The molecule has 0 amide bonds. The van der Waals surface area contributed by atoms with Crippen LogP contribution in [-0.4, -0.2) is 33.4 Å². The molecule has 0 saturated carbocycles. The Balaban J connectivity index is 2.89. The lowest BCUT2D eigenvalue weighted by atomic mass is 10.1. The number of nitrogen functional groups attached to an aromatic ring is 1. The molecule has 5 heteroatoms. The first-order valence-electron chi connectivity index (χ1n) is 5.20. The van der Waals surface area contributed by atoms with Gasteiger partial charge < -0.3 is 19.9 Å². The van der Waals surface area contributed by atoms with Crippen LogP contribution in [0.15, 0.2) is 12.1 Å². The van der Waals surface area contributed by atoms with Gasteiger partial charge in [-0.1, -0.05) is 0 Å². The molecule has 0 bridgehead atoms. The highest BCUT2D eigenvalue weighted by Crippen LogP contribution is 2.26. The van der Waals surface area contributed by atoms with E-state index in [-0.39, 0.29) is 0 Å². The summed E-state index contributed by atoms with van der Waals surface area (Å²) in [6, 6.07) is 3.28. The van der Waals surface area contributed by atoms with E-state index in [2.05, 4.69) is 4.74 Å². The van der Waals surface area contributed by atoms with Gasteiger partial charge in [0.05, 0.1) is 25.0 Å². The van der Waals surface area contributed by atoms with Crippen LogP contribution in [0.5, 0.6) is 5.75 Å². The fourth-order valence-electron chi connectivity index (χ4n) is 1.39. The third kappa shape index (κ3) is 3.35. The molecule has 1 aromatic carbocycles. The summed E-state index contributed by atoms with van der Waals surface area (Å²) in [4.78, 5) is 11.4. The molecule has 0 unspecified atom stereocenters. The highest BCUT2D eigenvalue weighted by atomic mass is 16.5. The molecule has 1 aromatic rings. The molecule has 2 N–H and O–H groups in total. The third-order valence-electron chi connectivity index (χ3n) is 2.31. The Morgan fingerprint density at radius 3 is 2.59 bits per heavy atom. The molecule has 5 nitrogen and oxygen atoms in total. The van der Waals surface area contributed by atoms with E-state index in [9.17, 15) is 4.79 Å². The van der Waals surface area contributed by atoms with E-state index in [1.54, 1.807) is 26.2 Å². The summed E-state index contributed by atoms with van der Waals surface area (Å²) in [6.45, 7) is 2.70. The fourth-order valence-corrected chi connectivity index (χ4v) is 1.39. The summed E-state index contributed by atoms with van der Waals surface area (Å²) < 4.78 is 15.0. The van der Waals surface area contributed by atoms with Gasteiger partial charge in [0.1, 0.15) is 12.4 Å². The van der Waals surface area contributed by atoms with Crippen LogP contribution in [0.1, 0.15) is 15.9 Å². The lowest BCUT2D eigenvalue weighted by Gasteiger charge is -2.11. The Labute approximate surface area is 100 Å². The normalized spacial score (nSPS) is 10.1. The predicted octanol–water partition coefficient (Wildman–Crippen LogP) is 1.39. The van der Waals surface area contributed by atoms with Gasteiger partial charge >= 0.3 is 5.97 Å². The monoisotopic (exact) mass is 239 g/mol. The quantitative estimate of drug-likeness (QED) is 0.477. The van der Waals surface area contributed by atoms with Crippen LogP contribution in [0.3, 0.4) is 0 Å². The smallest absolute Gasteiger partial charge is 0.338 e. The highest BCUT2D eigenvalue weighted by Gasteiger charge is 2.12. The predicted molar refractivity (Wildman–Crippen MR) is 64.3 cm³/mol. The number of hydrogen-bond donors (Lipinski definition) is 1. The summed E-state index contributed by atoms with van der Waals surface area (Å²) in [7, 11) is 2.93. The van der Waals surface area contributed by atoms with Gasteiger partial charge in [-0.2, -0.15) is 0 Å². The first-order chi connectivity index (χ1) is 8.10. The molecule has 0 spiro atoms. The van der Waals surface area contributed by atoms with Crippen LogP contribution in [0, 0.1) is 6.92 Å². The molecule has 0 aromatic heterocycles. The minimum atomic E-state index is -0.405. The van der Waals surface area contributed by atoms with Crippen LogP contribution in [0.2, 0.25) is 0 Å². The van der Waals surface area contributed by atoms with Gasteiger partial charge in [-0.05, 0) is 24.6 Å². The van der Waals surface area contributed by atoms with Crippen LogP contribution in [-0.2, 0) is 9.47 Å². The van der Waals surface area contributed by atoms with Gasteiger partial charge in [0.25, 0.3) is 0 Å². The Hall–Kier alpha value is -1.75. The molecule has 94 valence electrons. The molecule has 17 heavy (non-hydrogen) atoms. The van der Waals surface area contributed by atoms with Crippen LogP contribution in [0.25, 0.3) is 0 Å². The number of methoxy groups -OCH3 is 2.